The van der Waals surface area contributed by atoms with Gasteiger partial charge in [-0.15, -0.1) is 0 Å². The molecule has 0 saturated carbocycles. The molecule has 18 heavy (non-hydrogen) atoms. The Labute approximate surface area is 97.8 Å². The van der Waals surface area contributed by atoms with E-state index in [1.54, 1.807) is 0 Å². The summed E-state index contributed by atoms with van der Waals surface area (Å²) in [7, 11) is 0. The summed E-state index contributed by atoms with van der Waals surface area (Å²) in [4.78, 5) is 0. The van der Waals surface area contributed by atoms with Crippen molar-refractivity contribution in [1.29, 1.82) is 0 Å². The highest BCUT2D eigenvalue weighted by atomic mass is 19.4. The van der Waals surface area contributed by atoms with Crippen LogP contribution in [0.15, 0.2) is 18.2 Å². The van der Waals surface area contributed by atoms with Gasteiger partial charge in [0.15, 0.2) is 6.61 Å². The van der Waals surface area contributed by atoms with Crippen LogP contribution in [0, 0.1) is 0 Å². The normalized spacial score (nSPS) is 12.6. The van der Waals surface area contributed by atoms with Crippen molar-refractivity contribution in [3.05, 3.63) is 29.3 Å². The molecule has 0 amide bonds. The Balaban J connectivity index is 2.97. The van der Waals surface area contributed by atoms with E-state index in [4.69, 9.17) is 5.11 Å². The molecule has 0 spiro atoms. The van der Waals surface area contributed by atoms with Crippen molar-refractivity contribution in [2.24, 2.45) is 0 Å². The number of hydrogen-bond acceptors (Lipinski definition) is 2. The lowest BCUT2D eigenvalue weighted by Crippen LogP contribution is -2.19. The smallest absolute Gasteiger partial charge is 0.422 e. The first-order chi connectivity index (χ1) is 8.13. The summed E-state index contributed by atoms with van der Waals surface area (Å²) in [5.74, 6) is -0.558. The molecule has 0 radical (unpaired) electrons. The molecule has 2 nitrogen and oxygen atoms in total. The molecule has 0 aliphatic rings. The fraction of sp³-hybridized carbons (Fsp3) is 0.400. The predicted molar refractivity (Wildman–Crippen MR) is 48.9 cm³/mol. The van der Waals surface area contributed by atoms with Crippen molar-refractivity contribution < 1.29 is 36.2 Å². The summed E-state index contributed by atoms with van der Waals surface area (Å²) in [5.41, 5.74) is -1.65. The van der Waals surface area contributed by atoms with Crippen LogP contribution in [-0.4, -0.2) is 17.9 Å². The molecule has 8 heteroatoms. The number of halogens is 6. The molecule has 0 atom stereocenters. The van der Waals surface area contributed by atoms with Gasteiger partial charge in [0.05, 0.1) is 12.2 Å². The second-order valence-electron chi connectivity index (χ2n) is 3.38. The first kappa shape index (κ1) is 14.6. The van der Waals surface area contributed by atoms with Gasteiger partial charge in [-0.05, 0) is 17.7 Å². The summed E-state index contributed by atoms with van der Waals surface area (Å²) in [6.07, 6.45) is -9.40. The number of alkyl halides is 6. The highest BCUT2D eigenvalue weighted by molar-refractivity contribution is 5.37. The Morgan fingerprint density at radius 2 is 1.67 bits per heavy atom. The second-order valence-corrected chi connectivity index (χ2v) is 3.38. The molecule has 0 heterocycles. The Kier molecular flexibility index (Phi) is 4.10. The molecule has 0 unspecified atom stereocenters. The first-order valence-corrected chi connectivity index (χ1v) is 4.64. The molecular formula is C10H8F6O2. The highest BCUT2D eigenvalue weighted by Gasteiger charge is 2.34. The van der Waals surface area contributed by atoms with Crippen LogP contribution in [-0.2, 0) is 12.8 Å². The summed E-state index contributed by atoms with van der Waals surface area (Å²) in [6.45, 7) is -2.54. The average Bonchev–Trinajstić information content (AvgIpc) is 2.24. The van der Waals surface area contributed by atoms with Crippen molar-refractivity contribution in [2.45, 2.75) is 19.0 Å². The number of benzene rings is 1. The van der Waals surface area contributed by atoms with Crippen molar-refractivity contribution in [3.8, 4) is 5.75 Å². The highest BCUT2D eigenvalue weighted by Crippen LogP contribution is 2.34. The van der Waals surface area contributed by atoms with Crippen molar-refractivity contribution >= 4 is 0 Å². The minimum atomic E-state index is -4.77. The molecular weight excluding hydrogens is 266 g/mol. The molecule has 0 bridgehead atoms. The van der Waals surface area contributed by atoms with Gasteiger partial charge < -0.3 is 9.84 Å². The zero-order valence-corrected chi connectivity index (χ0v) is 8.77. The maximum atomic E-state index is 12.5. The van der Waals surface area contributed by atoms with Gasteiger partial charge in [-0.1, -0.05) is 6.07 Å². The quantitative estimate of drug-likeness (QED) is 0.858. The van der Waals surface area contributed by atoms with E-state index < -0.39 is 42.4 Å². The van der Waals surface area contributed by atoms with Crippen molar-refractivity contribution in [2.75, 3.05) is 6.61 Å². The van der Waals surface area contributed by atoms with E-state index in [9.17, 15) is 26.3 Å². The second kappa shape index (κ2) is 5.05. The SMILES string of the molecule is OCc1ccc(OCC(F)(F)F)cc1C(F)(F)F. The number of aliphatic hydroxyl groups excluding tert-OH is 1. The van der Waals surface area contributed by atoms with Crippen LogP contribution < -0.4 is 4.74 Å². The van der Waals surface area contributed by atoms with E-state index in [0.29, 0.717) is 6.07 Å². The number of rotatable bonds is 3. The van der Waals surface area contributed by atoms with Crippen molar-refractivity contribution in [1.82, 2.24) is 0 Å². The lowest BCUT2D eigenvalue weighted by atomic mass is 10.1. The van der Waals surface area contributed by atoms with E-state index >= 15 is 0 Å². The van der Waals surface area contributed by atoms with Crippen LogP contribution in [0.4, 0.5) is 26.3 Å². The molecule has 0 saturated heterocycles. The van der Waals surface area contributed by atoms with Gasteiger partial charge in [0.2, 0.25) is 0 Å². The van der Waals surface area contributed by atoms with Crippen LogP contribution in [0.2, 0.25) is 0 Å². The molecule has 1 N–H and O–H groups in total. The largest absolute Gasteiger partial charge is 0.484 e. The first-order valence-electron chi connectivity index (χ1n) is 4.64. The monoisotopic (exact) mass is 274 g/mol. The van der Waals surface area contributed by atoms with E-state index in [-0.39, 0.29) is 0 Å². The Hall–Kier alpha value is -1.44. The zero-order chi connectivity index (χ0) is 14.0. The van der Waals surface area contributed by atoms with Gasteiger partial charge in [0.25, 0.3) is 0 Å². The Morgan fingerprint density at radius 1 is 1.06 bits per heavy atom. The molecule has 0 fully saturated rings. The fourth-order valence-electron chi connectivity index (χ4n) is 1.21. The number of ether oxygens (including phenoxy) is 1. The summed E-state index contributed by atoms with van der Waals surface area (Å²) >= 11 is 0. The van der Waals surface area contributed by atoms with Gasteiger partial charge in [-0.2, -0.15) is 26.3 Å². The van der Waals surface area contributed by atoms with Gasteiger partial charge in [0, 0.05) is 0 Å². The minimum Gasteiger partial charge on any atom is -0.484 e. The predicted octanol–water partition coefficient (Wildman–Crippen LogP) is 3.14. The van der Waals surface area contributed by atoms with Crippen molar-refractivity contribution in [3.63, 3.8) is 0 Å². The van der Waals surface area contributed by atoms with E-state index in [1.807, 2.05) is 0 Å². The maximum Gasteiger partial charge on any atom is 0.422 e. The van der Waals surface area contributed by atoms with Crippen LogP contribution in [0.5, 0.6) is 5.75 Å². The van der Waals surface area contributed by atoms with Gasteiger partial charge >= 0.3 is 12.4 Å². The van der Waals surface area contributed by atoms with Crippen LogP contribution in [0.3, 0.4) is 0 Å². The fourth-order valence-corrected chi connectivity index (χ4v) is 1.21. The van der Waals surface area contributed by atoms with Gasteiger partial charge in [-0.25, -0.2) is 0 Å². The molecule has 1 aromatic carbocycles. The molecule has 1 rings (SSSR count). The summed E-state index contributed by atoms with van der Waals surface area (Å²) in [6, 6.07) is 2.23. The van der Waals surface area contributed by atoms with Crippen LogP contribution in [0.25, 0.3) is 0 Å². The molecule has 0 aromatic heterocycles. The lowest BCUT2D eigenvalue weighted by molar-refractivity contribution is -0.153. The Morgan fingerprint density at radius 3 is 2.11 bits per heavy atom. The van der Waals surface area contributed by atoms with E-state index in [0.717, 1.165) is 12.1 Å². The molecule has 102 valence electrons. The minimum absolute atomic E-state index is 0.428. The zero-order valence-electron chi connectivity index (χ0n) is 8.77. The van der Waals surface area contributed by atoms with Gasteiger partial charge in [0.1, 0.15) is 5.75 Å². The van der Waals surface area contributed by atoms with Gasteiger partial charge in [-0.3, -0.25) is 0 Å². The summed E-state index contributed by atoms with van der Waals surface area (Å²) < 4.78 is 77.2. The standard InChI is InChI=1S/C10H8F6O2/c11-9(12,13)5-18-7-2-1-6(4-17)8(3-7)10(14,15)16/h1-3,17H,4-5H2. The maximum absolute atomic E-state index is 12.5. The third-order valence-electron chi connectivity index (χ3n) is 1.96. The third-order valence-corrected chi connectivity index (χ3v) is 1.96. The molecule has 0 aliphatic carbocycles. The average molecular weight is 274 g/mol. The number of aliphatic hydroxyl groups is 1. The Bertz CT molecular complexity index is 410. The lowest BCUT2D eigenvalue weighted by Gasteiger charge is -2.14. The molecule has 0 aliphatic heterocycles. The third kappa shape index (κ3) is 4.10. The van der Waals surface area contributed by atoms with E-state index in [2.05, 4.69) is 4.74 Å². The number of hydrogen-bond donors (Lipinski definition) is 1. The molecule has 1 aromatic rings. The van der Waals surface area contributed by atoms with Crippen LogP contribution in [0.1, 0.15) is 11.1 Å². The van der Waals surface area contributed by atoms with Crippen LogP contribution >= 0.6 is 0 Å². The summed E-state index contributed by atoms with van der Waals surface area (Å²) in [5, 5.41) is 8.71. The van der Waals surface area contributed by atoms with E-state index in [1.165, 1.54) is 0 Å². The topological polar surface area (TPSA) is 29.5 Å².